The average molecular weight is 219 g/mol. The lowest BCUT2D eigenvalue weighted by Gasteiger charge is -2.04. The molecule has 0 atom stereocenters. The Bertz CT molecular complexity index is 517. The largest absolute Gasteiger partial charge is 0.300 e. The zero-order chi connectivity index (χ0) is 10.8. The third-order valence-electron chi connectivity index (χ3n) is 2.37. The van der Waals surface area contributed by atoms with E-state index in [1.165, 1.54) is 0 Å². The SMILES string of the molecule is CC(=O)Cc1cccc2ccc(Cl)cc12. The molecule has 0 fully saturated rings. The first-order valence-electron chi connectivity index (χ1n) is 4.83. The van der Waals surface area contributed by atoms with Gasteiger partial charge in [0.1, 0.15) is 5.78 Å². The molecular weight excluding hydrogens is 208 g/mol. The molecule has 0 amide bonds. The van der Waals surface area contributed by atoms with Crippen LogP contribution in [0.1, 0.15) is 12.5 Å². The summed E-state index contributed by atoms with van der Waals surface area (Å²) in [6.45, 7) is 1.60. The van der Waals surface area contributed by atoms with Crippen molar-refractivity contribution in [2.24, 2.45) is 0 Å². The highest BCUT2D eigenvalue weighted by Gasteiger charge is 2.03. The lowest BCUT2D eigenvalue weighted by atomic mass is 10.0. The molecule has 15 heavy (non-hydrogen) atoms. The van der Waals surface area contributed by atoms with Gasteiger partial charge in [0.25, 0.3) is 0 Å². The summed E-state index contributed by atoms with van der Waals surface area (Å²) in [5.74, 6) is 0.169. The Kier molecular flexibility index (Phi) is 2.74. The Morgan fingerprint density at radius 2 is 2.07 bits per heavy atom. The van der Waals surface area contributed by atoms with Crippen LogP contribution in [0.3, 0.4) is 0 Å². The van der Waals surface area contributed by atoms with Crippen LogP contribution in [-0.4, -0.2) is 5.78 Å². The third-order valence-corrected chi connectivity index (χ3v) is 2.61. The maximum absolute atomic E-state index is 11.1. The molecule has 0 aliphatic rings. The summed E-state index contributed by atoms with van der Waals surface area (Å²) >= 11 is 5.94. The van der Waals surface area contributed by atoms with E-state index in [4.69, 9.17) is 11.6 Å². The topological polar surface area (TPSA) is 17.1 Å². The van der Waals surface area contributed by atoms with Crippen LogP contribution in [0, 0.1) is 0 Å². The van der Waals surface area contributed by atoms with E-state index in [-0.39, 0.29) is 5.78 Å². The minimum Gasteiger partial charge on any atom is -0.300 e. The number of halogens is 1. The molecule has 0 aliphatic carbocycles. The van der Waals surface area contributed by atoms with Crippen molar-refractivity contribution < 1.29 is 4.79 Å². The normalized spacial score (nSPS) is 10.5. The van der Waals surface area contributed by atoms with Crippen LogP contribution >= 0.6 is 11.6 Å². The highest BCUT2D eigenvalue weighted by molar-refractivity contribution is 6.31. The van der Waals surface area contributed by atoms with Crippen molar-refractivity contribution in [1.82, 2.24) is 0 Å². The van der Waals surface area contributed by atoms with Crippen molar-refractivity contribution in [3.8, 4) is 0 Å². The van der Waals surface area contributed by atoms with Gasteiger partial charge in [-0.3, -0.25) is 4.79 Å². The lowest BCUT2D eigenvalue weighted by molar-refractivity contribution is -0.116. The van der Waals surface area contributed by atoms with Gasteiger partial charge in [-0.25, -0.2) is 0 Å². The Labute approximate surface area is 93.7 Å². The predicted octanol–water partition coefficient (Wildman–Crippen LogP) is 3.62. The van der Waals surface area contributed by atoms with E-state index in [1.54, 1.807) is 6.92 Å². The van der Waals surface area contributed by atoms with Crippen molar-refractivity contribution in [3.05, 3.63) is 47.0 Å². The highest BCUT2D eigenvalue weighted by atomic mass is 35.5. The Morgan fingerprint density at radius 1 is 1.27 bits per heavy atom. The molecule has 0 bridgehead atoms. The van der Waals surface area contributed by atoms with Crippen LogP contribution in [0.25, 0.3) is 10.8 Å². The first kappa shape index (κ1) is 10.2. The van der Waals surface area contributed by atoms with Gasteiger partial charge in [0.05, 0.1) is 0 Å². The van der Waals surface area contributed by atoms with Crippen LogP contribution in [0.5, 0.6) is 0 Å². The fourth-order valence-electron chi connectivity index (χ4n) is 1.73. The second-order valence-electron chi connectivity index (χ2n) is 3.66. The van der Waals surface area contributed by atoms with Gasteiger partial charge in [-0.1, -0.05) is 35.9 Å². The van der Waals surface area contributed by atoms with E-state index in [0.29, 0.717) is 11.4 Å². The molecular formula is C13H11ClO. The summed E-state index contributed by atoms with van der Waals surface area (Å²) < 4.78 is 0. The number of hydrogen-bond acceptors (Lipinski definition) is 1. The molecule has 2 rings (SSSR count). The van der Waals surface area contributed by atoms with Gasteiger partial charge in [0, 0.05) is 11.4 Å². The average Bonchev–Trinajstić information content (AvgIpc) is 2.18. The first-order valence-corrected chi connectivity index (χ1v) is 5.21. The third kappa shape index (κ3) is 2.18. The van der Waals surface area contributed by atoms with Crippen LogP contribution < -0.4 is 0 Å². The maximum Gasteiger partial charge on any atom is 0.134 e. The Hall–Kier alpha value is -1.34. The van der Waals surface area contributed by atoms with Crippen LogP contribution in [-0.2, 0) is 11.2 Å². The van der Waals surface area contributed by atoms with Gasteiger partial charge < -0.3 is 0 Å². The lowest BCUT2D eigenvalue weighted by Crippen LogP contribution is -1.96. The molecule has 0 unspecified atom stereocenters. The number of rotatable bonds is 2. The summed E-state index contributed by atoms with van der Waals surface area (Å²) in [4.78, 5) is 11.1. The minimum atomic E-state index is 0.169. The van der Waals surface area contributed by atoms with E-state index in [9.17, 15) is 4.79 Å². The number of Topliss-reactive ketones (excluding diaryl/α,β-unsaturated/α-hetero) is 1. The molecule has 0 saturated heterocycles. The Morgan fingerprint density at radius 3 is 2.80 bits per heavy atom. The summed E-state index contributed by atoms with van der Waals surface area (Å²) in [5, 5.41) is 2.90. The first-order chi connectivity index (χ1) is 7.16. The molecule has 2 aromatic rings. The predicted molar refractivity (Wildman–Crippen MR) is 63.3 cm³/mol. The van der Waals surface area contributed by atoms with Gasteiger partial charge >= 0.3 is 0 Å². The van der Waals surface area contributed by atoms with Crippen molar-refractivity contribution in [2.45, 2.75) is 13.3 Å². The van der Waals surface area contributed by atoms with E-state index in [0.717, 1.165) is 16.3 Å². The van der Waals surface area contributed by atoms with Crippen LogP contribution in [0.15, 0.2) is 36.4 Å². The molecule has 2 aromatic carbocycles. The van der Waals surface area contributed by atoms with Crippen molar-refractivity contribution >= 4 is 28.2 Å². The van der Waals surface area contributed by atoms with E-state index >= 15 is 0 Å². The summed E-state index contributed by atoms with van der Waals surface area (Å²) in [6.07, 6.45) is 0.470. The zero-order valence-corrected chi connectivity index (χ0v) is 9.21. The summed E-state index contributed by atoms with van der Waals surface area (Å²) in [5.41, 5.74) is 1.04. The zero-order valence-electron chi connectivity index (χ0n) is 8.46. The fraction of sp³-hybridized carbons (Fsp3) is 0.154. The van der Waals surface area contributed by atoms with E-state index in [1.807, 2.05) is 36.4 Å². The van der Waals surface area contributed by atoms with Crippen molar-refractivity contribution in [1.29, 1.82) is 0 Å². The highest BCUT2D eigenvalue weighted by Crippen LogP contribution is 2.23. The molecule has 0 heterocycles. The Balaban J connectivity index is 2.63. The number of fused-ring (bicyclic) bond motifs is 1. The second-order valence-corrected chi connectivity index (χ2v) is 4.10. The summed E-state index contributed by atoms with van der Waals surface area (Å²) in [6, 6.07) is 11.7. The number of ketones is 1. The van der Waals surface area contributed by atoms with E-state index in [2.05, 4.69) is 0 Å². The molecule has 0 radical (unpaired) electrons. The molecule has 76 valence electrons. The smallest absolute Gasteiger partial charge is 0.134 e. The molecule has 1 nitrogen and oxygen atoms in total. The fourth-order valence-corrected chi connectivity index (χ4v) is 1.90. The van der Waals surface area contributed by atoms with Gasteiger partial charge in [0.15, 0.2) is 0 Å². The molecule has 0 aromatic heterocycles. The number of carbonyl (C=O) groups is 1. The van der Waals surface area contributed by atoms with Crippen molar-refractivity contribution in [3.63, 3.8) is 0 Å². The number of benzene rings is 2. The number of carbonyl (C=O) groups excluding carboxylic acids is 1. The van der Waals surface area contributed by atoms with E-state index < -0.39 is 0 Å². The van der Waals surface area contributed by atoms with Gasteiger partial charge in [-0.05, 0) is 35.4 Å². The molecule has 0 spiro atoms. The quantitative estimate of drug-likeness (QED) is 0.753. The molecule has 0 aliphatic heterocycles. The monoisotopic (exact) mass is 218 g/mol. The number of hydrogen-bond donors (Lipinski definition) is 0. The van der Waals surface area contributed by atoms with Crippen molar-refractivity contribution in [2.75, 3.05) is 0 Å². The standard InChI is InChI=1S/C13H11ClO/c1-9(15)7-11-4-2-3-10-5-6-12(14)8-13(10)11/h2-6,8H,7H2,1H3. The van der Waals surface area contributed by atoms with Gasteiger partial charge in [-0.2, -0.15) is 0 Å². The molecule has 0 saturated carbocycles. The van der Waals surface area contributed by atoms with Gasteiger partial charge in [0.2, 0.25) is 0 Å². The van der Waals surface area contributed by atoms with Crippen LogP contribution in [0.4, 0.5) is 0 Å². The molecule has 2 heteroatoms. The second kappa shape index (κ2) is 4.03. The molecule has 0 N–H and O–H groups in total. The summed E-state index contributed by atoms with van der Waals surface area (Å²) in [7, 11) is 0. The van der Waals surface area contributed by atoms with Crippen LogP contribution in [0.2, 0.25) is 5.02 Å². The van der Waals surface area contributed by atoms with Gasteiger partial charge in [-0.15, -0.1) is 0 Å². The maximum atomic E-state index is 11.1. The minimum absolute atomic E-state index is 0.169.